The second-order valence-electron chi connectivity index (χ2n) is 2.96. The molecule has 5 heteroatoms. The summed E-state index contributed by atoms with van der Waals surface area (Å²) in [5.41, 5.74) is -0.624. The Morgan fingerprint density at radius 1 is 1.40 bits per heavy atom. The molecule has 15 heavy (non-hydrogen) atoms. The smallest absolute Gasteiger partial charge is 0.266 e. The van der Waals surface area contributed by atoms with Gasteiger partial charge >= 0.3 is 0 Å². The Balaban J connectivity index is 3.06. The Bertz CT molecular complexity index is 366. The summed E-state index contributed by atoms with van der Waals surface area (Å²) in [4.78, 5) is 11.1. The molecular weight excluding hydrogens is 273 g/mol. The van der Waals surface area contributed by atoms with E-state index in [4.69, 9.17) is 0 Å². The molecular formula is C10H8BrF3O. The molecule has 0 fully saturated rings. The first-order chi connectivity index (χ1) is 7.06. The number of carbonyl (C=O) groups excluding carboxylic acids is 1. The molecule has 1 rings (SSSR count). The van der Waals surface area contributed by atoms with Crippen LogP contribution in [-0.4, -0.2) is 11.1 Å². The Kier molecular flexibility index (Phi) is 4.32. The zero-order valence-electron chi connectivity index (χ0n) is 7.64. The minimum absolute atomic E-state index is 0.0504. The van der Waals surface area contributed by atoms with Gasteiger partial charge in [-0.05, 0) is 11.6 Å². The first kappa shape index (κ1) is 12.2. The topological polar surface area (TPSA) is 17.1 Å². The van der Waals surface area contributed by atoms with E-state index in [-0.39, 0.29) is 23.1 Å². The zero-order valence-corrected chi connectivity index (χ0v) is 9.23. The van der Waals surface area contributed by atoms with E-state index in [9.17, 15) is 18.0 Å². The van der Waals surface area contributed by atoms with Crippen molar-refractivity contribution in [2.24, 2.45) is 0 Å². The molecule has 0 aliphatic heterocycles. The first-order valence-corrected chi connectivity index (χ1v) is 5.31. The quantitative estimate of drug-likeness (QED) is 0.774. The summed E-state index contributed by atoms with van der Waals surface area (Å²) in [6.45, 7) is 0. The van der Waals surface area contributed by atoms with Crippen LogP contribution >= 0.6 is 15.9 Å². The third kappa shape index (κ3) is 3.06. The maximum Gasteiger partial charge on any atom is 0.266 e. The van der Waals surface area contributed by atoms with Crippen molar-refractivity contribution in [3.63, 3.8) is 0 Å². The lowest BCUT2D eigenvalue weighted by Gasteiger charge is -2.08. The second-order valence-corrected chi connectivity index (χ2v) is 3.52. The molecule has 0 bridgehead atoms. The van der Waals surface area contributed by atoms with Crippen LogP contribution in [0.1, 0.15) is 17.6 Å². The lowest BCUT2D eigenvalue weighted by Crippen LogP contribution is -2.07. The van der Waals surface area contributed by atoms with Crippen LogP contribution in [0.25, 0.3) is 0 Å². The molecule has 0 atom stereocenters. The second kappa shape index (κ2) is 5.30. The third-order valence-electron chi connectivity index (χ3n) is 1.90. The van der Waals surface area contributed by atoms with Crippen LogP contribution in [0.3, 0.4) is 0 Å². The maximum atomic E-state index is 13.1. The summed E-state index contributed by atoms with van der Waals surface area (Å²) < 4.78 is 38.0. The van der Waals surface area contributed by atoms with Gasteiger partial charge in [-0.25, -0.2) is 13.2 Å². The SMILES string of the molecule is O=C(CBr)Cc1cccc(F)c1C(F)F. The Morgan fingerprint density at radius 3 is 2.60 bits per heavy atom. The molecule has 0 saturated carbocycles. The molecule has 0 aliphatic carbocycles. The molecule has 1 aromatic carbocycles. The highest BCUT2D eigenvalue weighted by Gasteiger charge is 2.19. The van der Waals surface area contributed by atoms with Gasteiger partial charge in [0.05, 0.1) is 10.9 Å². The van der Waals surface area contributed by atoms with Crippen molar-refractivity contribution in [2.75, 3.05) is 5.33 Å². The number of ketones is 1. The van der Waals surface area contributed by atoms with E-state index >= 15 is 0 Å². The molecule has 0 N–H and O–H groups in total. The molecule has 1 aromatic rings. The minimum atomic E-state index is -2.90. The zero-order chi connectivity index (χ0) is 11.4. The lowest BCUT2D eigenvalue weighted by atomic mass is 10.0. The van der Waals surface area contributed by atoms with Crippen LogP contribution < -0.4 is 0 Å². The van der Waals surface area contributed by atoms with Gasteiger partial charge in [-0.1, -0.05) is 28.1 Å². The summed E-state index contributed by atoms with van der Waals surface area (Å²) in [6.07, 6.45) is -3.08. The van der Waals surface area contributed by atoms with Crippen LogP contribution in [-0.2, 0) is 11.2 Å². The summed E-state index contributed by atoms with van der Waals surface area (Å²) >= 11 is 2.92. The van der Waals surface area contributed by atoms with Gasteiger partial charge in [0, 0.05) is 6.42 Å². The number of hydrogen-bond donors (Lipinski definition) is 0. The summed E-state index contributed by atoms with van der Waals surface area (Å²) in [6, 6.07) is 3.62. The average Bonchev–Trinajstić information content (AvgIpc) is 2.17. The van der Waals surface area contributed by atoms with Gasteiger partial charge in [0.15, 0.2) is 0 Å². The van der Waals surface area contributed by atoms with Crippen molar-refractivity contribution in [1.82, 2.24) is 0 Å². The van der Waals surface area contributed by atoms with Crippen LogP contribution in [0.5, 0.6) is 0 Å². The van der Waals surface area contributed by atoms with Crippen molar-refractivity contribution in [3.8, 4) is 0 Å². The molecule has 82 valence electrons. The van der Waals surface area contributed by atoms with E-state index in [0.717, 1.165) is 6.07 Å². The standard InChI is InChI=1S/C10H8BrF3O/c11-5-7(15)4-6-2-1-3-8(12)9(6)10(13)14/h1-3,10H,4-5H2. The van der Waals surface area contributed by atoms with Gasteiger partial charge in [-0.15, -0.1) is 0 Å². The maximum absolute atomic E-state index is 13.1. The van der Waals surface area contributed by atoms with E-state index in [1.54, 1.807) is 0 Å². The summed E-state index contributed by atoms with van der Waals surface area (Å²) in [7, 11) is 0. The Hall–Kier alpha value is -0.840. The minimum Gasteiger partial charge on any atom is -0.298 e. The van der Waals surface area contributed by atoms with Crippen LogP contribution in [0.4, 0.5) is 13.2 Å². The van der Waals surface area contributed by atoms with Crippen molar-refractivity contribution in [2.45, 2.75) is 12.8 Å². The van der Waals surface area contributed by atoms with E-state index in [2.05, 4.69) is 15.9 Å². The molecule has 0 radical (unpaired) electrons. The highest BCUT2D eigenvalue weighted by Crippen LogP contribution is 2.26. The van der Waals surface area contributed by atoms with Gasteiger partial charge in [0.1, 0.15) is 11.6 Å². The van der Waals surface area contributed by atoms with E-state index in [1.807, 2.05) is 0 Å². The predicted octanol–water partition coefficient (Wildman–Crippen LogP) is 3.27. The molecule has 0 saturated heterocycles. The number of rotatable bonds is 4. The van der Waals surface area contributed by atoms with Crippen molar-refractivity contribution >= 4 is 21.7 Å². The Morgan fingerprint density at radius 2 is 2.07 bits per heavy atom. The molecule has 0 spiro atoms. The molecule has 0 amide bonds. The summed E-state index contributed by atoms with van der Waals surface area (Å²) in [5.74, 6) is -1.23. The number of benzene rings is 1. The van der Waals surface area contributed by atoms with Crippen molar-refractivity contribution < 1.29 is 18.0 Å². The molecule has 0 aliphatic rings. The summed E-state index contributed by atoms with van der Waals surface area (Å²) in [5, 5.41) is 0.0756. The van der Waals surface area contributed by atoms with Gasteiger partial charge in [-0.3, -0.25) is 4.79 Å². The van der Waals surface area contributed by atoms with Crippen LogP contribution in [0.15, 0.2) is 18.2 Å². The fourth-order valence-electron chi connectivity index (χ4n) is 1.24. The van der Waals surface area contributed by atoms with E-state index in [0.29, 0.717) is 0 Å². The average molecular weight is 281 g/mol. The monoisotopic (exact) mass is 280 g/mol. The highest BCUT2D eigenvalue weighted by molar-refractivity contribution is 9.09. The number of alkyl halides is 3. The fraction of sp³-hybridized carbons (Fsp3) is 0.300. The lowest BCUT2D eigenvalue weighted by molar-refractivity contribution is -0.115. The highest BCUT2D eigenvalue weighted by atomic mass is 79.9. The largest absolute Gasteiger partial charge is 0.298 e. The van der Waals surface area contributed by atoms with Crippen molar-refractivity contribution in [3.05, 3.63) is 35.1 Å². The number of hydrogen-bond acceptors (Lipinski definition) is 1. The Labute approximate surface area is 93.4 Å². The van der Waals surface area contributed by atoms with Crippen LogP contribution in [0.2, 0.25) is 0 Å². The van der Waals surface area contributed by atoms with Gasteiger partial charge in [0.25, 0.3) is 6.43 Å². The molecule has 0 aromatic heterocycles. The van der Waals surface area contributed by atoms with Gasteiger partial charge in [0.2, 0.25) is 0 Å². The molecule has 0 heterocycles. The van der Waals surface area contributed by atoms with Gasteiger partial charge in [-0.2, -0.15) is 0 Å². The number of carbonyl (C=O) groups is 1. The molecule has 1 nitrogen and oxygen atoms in total. The van der Waals surface area contributed by atoms with Crippen LogP contribution in [0, 0.1) is 5.82 Å². The van der Waals surface area contributed by atoms with Gasteiger partial charge < -0.3 is 0 Å². The fourth-order valence-corrected chi connectivity index (χ4v) is 1.44. The first-order valence-electron chi connectivity index (χ1n) is 4.19. The molecule has 0 unspecified atom stereocenters. The number of halogens is 4. The van der Waals surface area contributed by atoms with Crippen molar-refractivity contribution in [1.29, 1.82) is 0 Å². The predicted molar refractivity (Wildman–Crippen MR) is 53.9 cm³/mol. The normalized spacial score (nSPS) is 10.7. The van der Waals surface area contributed by atoms with E-state index in [1.165, 1.54) is 12.1 Å². The third-order valence-corrected chi connectivity index (χ3v) is 2.52. The van der Waals surface area contributed by atoms with E-state index < -0.39 is 17.8 Å². The number of Topliss-reactive ketones (excluding diaryl/α,β-unsaturated/α-hetero) is 1.